The Morgan fingerprint density at radius 2 is 1.49 bits per heavy atom. The molecule has 308 valence electrons. The lowest BCUT2D eigenvalue weighted by Gasteiger charge is -2.60. The van der Waals surface area contributed by atoms with Crippen molar-refractivity contribution in [3.05, 3.63) is 83.0 Å². The van der Waals surface area contributed by atoms with Gasteiger partial charge >= 0.3 is 5.97 Å². The topological polar surface area (TPSA) is 122 Å². The van der Waals surface area contributed by atoms with Crippen molar-refractivity contribution < 1.29 is 28.9 Å². The monoisotopic (exact) mass is 818 g/mol. The molecule has 2 aliphatic heterocycles. The number of carbonyl (C=O) groups excluding carboxylic acids is 1. The normalized spacial score (nSPS) is 22.1. The summed E-state index contributed by atoms with van der Waals surface area (Å²) in [5.74, 6) is 1.50. The molecule has 12 nitrogen and oxygen atoms in total. The number of nitrogens with zero attached hydrogens (tertiary/aromatic N) is 6. The smallest absolute Gasteiger partial charge is 0.309 e. The summed E-state index contributed by atoms with van der Waals surface area (Å²) in [5, 5.41) is 16.3. The van der Waals surface area contributed by atoms with Gasteiger partial charge in [-0.25, -0.2) is 9.67 Å². The van der Waals surface area contributed by atoms with Crippen LogP contribution in [0.5, 0.6) is 17.4 Å². The van der Waals surface area contributed by atoms with E-state index in [0.717, 1.165) is 121 Å². The summed E-state index contributed by atoms with van der Waals surface area (Å²) >= 11 is 7.29. The van der Waals surface area contributed by atoms with Crippen LogP contribution in [0.25, 0.3) is 39.0 Å². The van der Waals surface area contributed by atoms with Gasteiger partial charge in [-0.3, -0.25) is 19.4 Å². The number of likely N-dealkylation sites (tertiary alicyclic amines) is 2. The highest BCUT2D eigenvalue weighted by molar-refractivity contribution is 6.36. The Morgan fingerprint density at radius 1 is 0.847 bits per heavy atom. The molecule has 0 unspecified atom stereocenters. The van der Waals surface area contributed by atoms with E-state index in [1.807, 2.05) is 64.3 Å². The molecule has 5 aliphatic rings. The van der Waals surface area contributed by atoms with Crippen molar-refractivity contribution >= 4 is 34.4 Å². The van der Waals surface area contributed by atoms with E-state index < -0.39 is 11.4 Å². The number of carboxylic acid groups (broad SMARTS) is 1. The van der Waals surface area contributed by atoms with Gasteiger partial charge in [0.1, 0.15) is 11.5 Å². The van der Waals surface area contributed by atoms with Crippen molar-refractivity contribution in [3.63, 3.8) is 0 Å². The van der Waals surface area contributed by atoms with Gasteiger partial charge in [0.15, 0.2) is 0 Å². The molecule has 1 amide bonds. The van der Waals surface area contributed by atoms with Gasteiger partial charge in [-0.15, -0.1) is 0 Å². The Bertz CT molecular complexity index is 2420. The number of fused-ring (bicyclic) bond motifs is 4. The van der Waals surface area contributed by atoms with E-state index in [2.05, 4.69) is 29.0 Å². The Hall–Kier alpha value is -5.17. The van der Waals surface area contributed by atoms with Crippen molar-refractivity contribution in [2.45, 2.75) is 64.1 Å². The van der Waals surface area contributed by atoms with Crippen molar-refractivity contribution in [1.82, 2.24) is 29.5 Å². The predicted octanol–water partition coefficient (Wildman–Crippen LogP) is 7.71. The maximum absolute atomic E-state index is 12.0. The molecule has 2 saturated heterocycles. The maximum atomic E-state index is 12.0. The lowest BCUT2D eigenvalue weighted by molar-refractivity contribution is -0.160. The van der Waals surface area contributed by atoms with Gasteiger partial charge in [0.2, 0.25) is 11.8 Å². The Labute approximate surface area is 349 Å². The SMILES string of the molecule is COc1cc(-n2ncc3c(-c4cccc(-c5ccc(CN(C)C67CCC(C(=O)O)(CC6)CC7)c(OC)n5)c4Cl)cccc32)cc(OC)c1CN1CC2(C1)CN(C(C)=O)C2. The molecule has 2 aromatic heterocycles. The molecular weight excluding hydrogens is 768 g/mol. The highest BCUT2D eigenvalue weighted by Crippen LogP contribution is 2.55. The van der Waals surface area contributed by atoms with Gasteiger partial charge in [-0.05, 0) is 63.3 Å². The van der Waals surface area contributed by atoms with Crippen LogP contribution in [0, 0.1) is 10.8 Å². The fourth-order valence-corrected chi connectivity index (χ4v) is 10.8. The quantitative estimate of drug-likeness (QED) is 0.134. The van der Waals surface area contributed by atoms with Gasteiger partial charge in [-0.2, -0.15) is 5.10 Å². The minimum atomic E-state index is -0.640. The van der Waals surface area contributed by atoms with Crippen molar-refractivity contribution in [1.29, 1.82) is 0 Å². The lowest BCUT2D eigenvalue weighted by Crippen LogP contribution is -2.72. The van der Waals surface area contributed by atoms with Crippen LogP contribution in [0.3, 0.4) is 0 Å². The molecule has 2 bridgehead atoms. The fraction of sp³-hybridized carbons (Fsp3) is 0.435. The average Bonchev–Trinajstić information content (AvgIpc) is 3.66. The number of pyridine rings is 1. The molecule has 4 heterocycles. The van der Waals surface area contributed by atoms with Crippen LogP contribution in [0.4, 0.5) is 0 Å². The van der Waals surface area contributed by atoms with Gasteiger partial charge in [0.25, 0.3) is 0 Å². The van der Waals surface area contributed by atoms with Crippen LogP contribution in [0.2, 0.25) is 5.02 Å². The number of halogens is 1. The summed E-state index contributed by atoms with van der Waals surface area (Å²) in [6, 6.07) is 20.2. The molecule has 1 spiro atoms. The zero-order valence-corrected chi connectivity index (χ0v) is 35.1. The second kappa shape index (κ2) is 14.8. The summed E-state index contributed by atoms with van der Waals surface area (Å²) in [7, 11) is 7.15. The van der Waals surface area contributed by atoms with E-state index in [1.54, 1.807) is 28.3 Å². The zero-order chi connectivity index (χ0) is 41.3. The number of hydrogen-bond donors (Lipinski definition) is 1. The first kappa shape index (κ1) is 39.3. The number of aliphatic carboxylic acids is 1. The van der Waals surface area contributed by atoms with Gasteiger partial charge in [-0.1, -0.05) is 48.0 Å². The molecular formula is C46H51ClN6O6. The van der Waals surface area contributed by atoms with Crippen LogP contribution in [0.15, 0.2) is 66.9 Å². The third kappa shape index (κ3) is 6.60. The van der Waals surface area contributed by atoms with Gasteiger partial charge in [0.05, 0.1) is 60.4 Å². The summed E-state index contributed by atoms with van der Waals surface area (Å²) in [5.41, 5.74) is 6.63. The Balaban J connectivity index is 0.962. The minimum absolute atomic E-state index is 0.00925. The number of carboxylic acids is 1. The summed E-state index contributed by atoms with van der Waals surface area (Å²) in [6.45, 7) is 6.50. The molecule has 3 aliphatic carbocycles. The Kier molecular flexibility index (Phi) is 9.88. The van der Waals surface area contributed by atoms with E-state index in [-0.39, 0.29) is 16.9 Å². The number of ether oxygens (including phenoxy) is 3. The number of amides is 1. The van der Waals surface area contributed by atoms with E-state index in [0.29, 0.717) is 29.7 Å². The number of hydrogen-bond acceptors (Lipinski definition) is 9. The molecule has 0 atom stereocenters. The molecule has 3 saturated carbocycles. The first-order valence-corrected chi connectivity index (χ1v) is 20.8. The number of benzene rings is 3. The third-order valence-electron chi connectivity index (χ3n) is 14.0. The maximum Gasteiger partial charge on any atom is 0.309 e. The summed E-state index contributed by atoms with van der Waals surface area (Å²) in [4.78, 5) is 35.4. The highest BCUT2D eigenvalue weighted by Gasteiger charge is 2.54. The van der Waals surface area contributed by atoms with Crippen LogP contribution < -0.4 is 14.2 Å². The third-order valence-corrected chi connectivity index (χ3v) is 14.4. The number of methoxy groups -OCH3 is 3. The van der Waals surface area contributed by atoms with E-state index >= 15 is 0 Å². The molecule has 13 heteroatoms. The van der Waals surface area contributed by atoms with Gasteiger partial charge < -0.3 is 24.2 Å². The van der Waals surface area contributed by atoms with Crippen molar-refractivity contribution in [2.24, 2.45) is 10.8 Å². The molecule has 5 aromatic rings. The molecule has 5 fully saturated rings. The van der Waals surface area contributed by atoms with Crippen LogP contribution in [-0.4, -0.2) is 107 Å². The first-order valence-electron chi connectivity index (χ1n) is 20.4. The van der Waals surface area contributed by atoms with E-state index in [9.17, 15) is 14.7 Å². The van der Waals surface area contributed by atoms with Crippen LogP contribution in [-0.2, 0) is 22.7 Å². The second-order valence-electron chi connectivity index (χ2n) is 17.3. The van der Waals surface area contributed by atoms with Crippen LogP contribution in [0.1, 0.15) is 56.6 Å². The minimum Gasteiger partial charge on any atom is -0.496 e. The first-order chi connectivity index (χ1) is 28.4. The van der Waals surface area contributed by atoms with Gasteiger partial charge in [0, 0.05) is 91.4 Å². The molecule has 59 heavy (non-hydrogen) atoms. The van der Waals surface area contributed by atoms with Crippen molar-refractivity contribution in [3.8, 4) is 45.5 Å². The van der Waals surface area contributed by atoms with Crippen LogP contribution >= 0.6 is 11.6 Å². The van der Waals surface area contributed by atoms with E-state index in [1.165, 1.54) is 0 Å². The number of aromatic nitrogens is 3. The standard InChI is InChI=1S/C46H51ClN6O6/c1-29(54)52-27-44(28-52)25-51(26-44)24-36-39(57-3)20-31(21-40(36)58-4)53-38-11-7-8-32(35(38)22-48-53)33-9-6-10-34(41(33)47)37-13-12-30(42(49-37)59-5)23-50(2)46-17-14-45(15-18-46,16-19-46)43(55)56/h6-13,20-22H,14-19,23-28H2,1-5H3,(H,55,56). The van der Waals surface area contributed by atoms with Crippen molar-refractivity contribution in [2.75, 3.05) is 54.6 Å². The highest BCUT2D eigenvalue weighted by atomic mass is 35.5. The average molecular weight is 819 g/mol. The van der Waals surface area contributed by atoms with E-state index in [4.69, 9.17) is 35.9 Å². The molecule has 10 rings (SSSR count). The summed E-state index contributed by atoms with van der Waals surface area (Å²) < 4.78 is 19.7. The molecule has 1 N–H and O–H groups in total. The Morgan fingerprint density at radius 3 is 2.12 bits per heavy atom. The molecule has 3 aromatic carbocycles. The number of rotatable bonds is 12. The zero-order valence-electron chi connectivity index (χ0n) is 34.4. The molecule has 0 radical (unpaired) electrons. The number of carbonyl (C=O) groups is 2. The fourth-order valence-electron chi connectivity index (χ4n) is 10.5. The largest absolute Gasteiger partial charge is 0.496 e. The second-order valence-corrected chi connectivity index (χ2v) is 17.7. The lowest BCUT2D eigenvalue weighted by atomic mass is 9.57. The summed E-state index contributed by atoms with van der Waals surface area (Å²) in [6.07, 6.45) is 6.71. The predicted molar refractivity (Wildman–Crippen MR) is 226 cm³/mol.